The molecule has 2 aromatic rings. The van der Waals surface area contributed by atoms with E-state index in [1.54, 1.807) is 0 Å². The van der Waals surface area contributed by atoms with E-state index in [-0.39, 0.29) is 25.4 Å². The van der Waals surface area contributed by atoms with Gasteiger partial charge < -0.3 is 5.11 Å². The van der Waals surface area contributed by atoms with Gasteiger partial charge in [0.1, 0.15) is 9.77 Å². The van der Waals surface area contributed by atoms with Gasteiger partial charge in [0, 0.05) is 0 Å². The van der Waals surface area contributed by atoms with Crippen molar-refractivity contribution in [3.05, 3.63) is 50.1 Å². The molecule has 0 fully saturated rings. The van der Waals surface area contributed by atoms with Crippen molar-refractivity contribution in [1.82, 2.24) is 0 Å². The first kappa shape index (κ1) is 15.3. The highest BCUT2D eigenvalue weighted by Gasteiger charge is 2.25. The maximum absolute atomic E-state index is 12.4. The molecule has 0 saturated carbocycles. The van der Waals surface area contributed by atoms with Crippen molar-refractivity contribution in [1.29, 1.82) is 0 Å². The predicted octanol–water partition coefficient (Wildman–Crippen LogP) is 3.73. The third-order valence-corrected chi connectivity index (χ3v) is 6.07. The molecule has 0 unspecified atom stereocenters. The summed E-state index contributed by atoms with van der Waals surface area (Å²) in [6.07, 6.45) is 0. The molecule has 0 aliphatic carbocycles. The Morgan fingerprint density at radius 3 is 2.35 bits per heavy atom. The Hall–Kier alpha value is -1.08. The molecule has 0 aliphatic heterocycles. The molecule has 1 aromatic carbocycles. The Labute approximate surface area is 129 Å². The van der Waals surface area contributed by atoms with Crippen LogP contribution < -0.4 is 0 Å². The second-order valence-electron chi connectivity index (χ2n) is 3.89. The van der Waals surface area contributed by atoms with Crippen LogP contribution in [0, 0.1) is 0 Å². The van der Waals surface area contributed by atoms with Gasteiger partial charge in [-0.15, -0.1) is 11.3 Å². The van der Waals surface area contributed by atoms with E-state index in [0.717, 1.165) is 11.3 Å². The number of rotatable bonds is 4. The van der Waals surface area contributed by atoms with Gasteiger partial charge in [0.15, 0.2) is 9.84 Å². The van der Waals surface area contributed by atoms with Gasteiger partial charge in [-0.3, -0.25) is 0 Å². The van der Waals surface area contributed by atoms with Crippen molar-refractivity contribution in [3.8, 4) is 0 Å². The van der Waals surface area contributed by atoms with E-state index in [2.05, 4.69) is 0 Å². The van der Waals surface area contributed by atoms with Gasteiger partial charge in [0.05, 0.1) is 15.8 Å². The molecule has 0 spiro atoms. The monoisotopic (exact) mass is 350 g/mol. The van der Waals surface area contributed by atoms with E-state index < -0.39 is 21.6 Å². The Kier molecular flexibility index (Phi) is 4.39. The molecule has 0 saturated heterocycles. The number of carboxylic acid groups (broad SMARTS) is 1. The van der Waals surface area contributed by atoms with Crippen LogP contribution in [0.5, 0.6) is 0 Å². The molecule has 0 bridgehead atoms. The number of halogens is 2. The van der Waals surface area contributed by atoms with Crippen molar-refractivity contribution in [2.75, 3.05) is 0 Å². The fourth-order valence-electron chi connectivity index (χ4n) is 1.69. The molecule has 0 amide bonds. The number of aromatic carboxylic acids is 1. The summed E-state index contributed by atoms with van der Waals surface area (Å²) in [7, 11) is -3.82. The lowest BCUT2D eigenvalue weighted by atomic mass is 10.3. The smallest absolute Gasteiger partial charge is 0.346 e. The second-order valence-corrected chi connectivity index (χ2v) is 7.55. The minimum atomic E-state index is -3.82. The fraction of sp³-hybridized carbons (Fsp3) is 0.0833. The van der Waals surface area contributed by atoms with Gasteiger partial charge in [-0.05, 0) is 29.1 Å². The van der Waals surface area contributed by atoms with Crippen molar-refractivity contribution < 1.29 is 18.3 Å². The zero-order chi connectivity index (χ0) is 14.9. The number of hydrogen-bond acceptors (Lipinski definition) is 4. The summed E-state index contributed by atoms with van der Waals surface area (Å²) >= 11 is 12.7. The van der Waals surface area contributed by atoms with Crippen LogP contribution in [0.25, 0.3) is 0 Å². The molecule has 106 valence electrons. The van der Waals surface area contributed by atoms with Crippen LogP contribution in [0.1, 0.15) is 15.2 Å². The Bertz CT molecular complexity index is 745. The molecule has 0 radical (unpaired) electrons. The molecule has 1 N–H and O–H groups in total. The van der Waals surface area contributed by atoms with Gasteiger partial charge in [0.2, 0.25) is 0 Å². The molecular formula is C12H8Cl2O4S2. The number of benzene rings is 1. The molecule has 0 atom stereocenters. The zero-order valence-corrected chi connectivity index (χ0v) is 13.0. The number of thiophene rings is 1. The first-order chi connectivity index (χ1) is 9.33. The van der Waals surface area contributed by atoms with Crippen LogP contribution in [-0.4, -0.2) is 19.5 Å². The number of hydrogen-bond donors (Lipinski definition) is 1. The van der Waals surface area contributed by atoms with Gasteiger partial charge in [-0.25, -0.2) is 13.2 Å². The lowest BCUT2D eigenvalue weighted by molar-refractivity contribution is 0.0701. The summed E-state index contributed by atoms with van der Waals surface area (Å²) in [6.45, 7) is 0. The third kappa shape index (κ3) is 2.98. The Morgan fingerprint density at radius 1 is 1.20 bits per heavy atom. The van der Waals surface area contributed by atoms with Crippen LogP contribution in [0.4, 0.5) is 0 Å². The van der Waals surface area contributed by atoms with Gasteiger partial charge in [-0.1, -0.05) is 29.3 Å². The normalized spacial score (nSPS) is 11.5. The quantitative estimate of drug-likeness (QED) is 0.911. The maximum Gasteiger partial charge on any atom is 0.346 e. The maximum atomic E-state index is 12.4. The summed E-state index contributed by atoms with van der Waals surface area (Å²) in [5.74, 6) is -1.61. The first-order valence-electron chi connectivity index (χ1n) is 5.29. The van der Waals surface area contributed by atoms with Gasteiger partial charge in [0.25, 0.3) is 0 Å². The average molecular weight is 351 g/mol. The van der Waals surface area contributed by atoms with Crippen molar-refractivity contribution in [3.63, 3.8) is 0 Å². The summed E-state index contributed by atoms with van der Waals surface area (Å²) in [6, 6.07) is 5.85. The van der Waals surface area contributed by atoms with Crippen molar-refractivity contribution in [2.24, 2.45) is 0 Å². The molecular weight excluding hydrogens is 343 g/mol. The van der Waals surface area contributed by atoms with E-state index in [1.165, 1.54) is 29.6 Å². The fourth-order valence-corrected chi connectivity index (χ4v) is 5.17. The van der Waals surface area contributed by atoms with Crippen LogP contribution in [-0.2, 0) is 15.6 Å². The zero-order valence-electron chi connectivity index (χ0n) is 9.84. The standard InChI is InChI=1S/C12H8Cl2O4S2/c13-8-2-1-3-9(14)11(8)20(17,18)6-7-4-5-19-10(7)12(15)16/h1-5H,6H2,(H,15,16). The lowest BCUT2D eigenvalue weighted by Crippen LogP contribution is -2.08. The van der Waals surface area contributed by atoms with Crippen LogP contribution in [0.15, 0.2) is 34.5 Å². The number of carboxylic acids is 1. The van der Waals surface area contributed by atoms with E-state index in [0.29, 0.717) is 0 Å². The van der Waals surface area contributed by atoms with Crippen molar-refractivity contribution in [2.45, 2.75) is 10.6 Å². The Morgan fingerprint density at radius 2 is 1.80 bits per heavy atom. The van der Waals surface area contributed by atoms with Crippen LogP contribution in [0.3, 0.4) is 0 Å². The largest absolute Gasteiger partial charge is 0.477 e. The van der Waals surface area contributed by atoms with E-state index >= 15 is 0 Å². The topological polar surface area (TPSA) is 71.4 Å². The number of carbonyl (C=O) groups is 1. The summed E-state index contributed by atoms with van der Waals surface area (Å²) in [4.78, 5) is 10.8. The highest BCUT2D eigenvalue weighted by molar-refractivity contribution is 7.91. The summed E-state index contributed by atoms with van der Waals surface area (Å²) < 4.78 is 24.7. The molecule has 8 heteroatoms. The molecule has 4 nitrogen and oxygen atoms in total. The predicted molar refractivity (Wildman–Crippen MR) is 78.6 cm³/mol. The highest BCUT2D eigenvalue weighted by Crippen LogP contribution is 2.32. The molecule has 0 aliphatic rings. The van der Waals surface area contributed by atoms with Gasteiger partial charge in [-0.2, -0.15) is 0 Å². The first-order valence-corrected chi connectivity index (χ1v) is 8.58. The number of sulfone groups is 1. The minimum absolute atomic E-state index is 0.00301. The Balaban J connectivity index is 2.47. The average Bonchev–Trinajstić information content (AvgIpc) is 2.75. The van der Waals surface area contributed by atoms with Crippen LogP contribution >= 0.6 is 34.5 Å². The SMILES string of the molecule is O=C(O)c1sccc1CS(=O)(=O)c1c(Cl)cccc1Cl. The van der Waals surface area contributed by atoms with Gasteiger partial charge >= 0.3 is 5.97 Å². The molecule has 20 heavy (non-hydrogen) atoms. The molecule has 1 heterocycles. The van der Waals surface area contributed by atoms with E-state index in [9.17, 15) is 13.2 Å². The van der Waals surface area contributed by atoms with Crippen molar-refractivity contribution >= 4 is 50.3 Å². The lowest BCUT2D eigenvalue weighted by Gasteiger charge is -2.08. The molecule has 2 rings (SSSR count). The van der Waals surface area contributed by atoms with E-state index in [1.807, 2.05) is 0 Å². The van der Waals surface area contributed by atoms with E-state index in [4.69, 9.17) is 28.3 Å². The third-order valence-electron chi connectivity index (χ3n) is 2.52. The highest BCUT2D eigenvalue weighted by atomic mass is 35.5. The second kappa shape index (κ2) is 5.73. The minimum Gasteiger partial charge on any atom is -0.477 e. The summed E-state index contributed by atoms with van der Waals surface area (Å²) in [5, 5.41) is 10.6. The molecule has 1 aromatic heterocycles. The summed E-state index contributed by atoms with van der Waals surface area (Å²) in [5.41, 5.74) is 0.221. The van der Waals surface area contributed by atoms with Crippen LogP contribution in [0.2, 0.25) is 10.0 Å².